The fraction of sp³-hybridized carbons (Fsp3) is 0.400. The molecule has 33 heavy (non-hydrogen) atoms. The van der Waals surface area contributed by atoms with Gasteiger partial charge in [0.1, 0.15) is 0 Å². The minimum absolute atomic E-state index is 0.236. The van der Waals surface area contributed by atoms with Crippen LogP contribution in [0.2, 0.25) is 0 Å². The van der Waals surface area contributed by atoms with Gasteiger partial charge in [0, 0.05) is 39.8 Å². The highest BCUT2D eigenvalue weighted by Gasteiger charge is 2.19. The summed E-state index contributed by atoms with van der Waals surface area (Å²) in [5.41, 5.74) is 5.37. The Bertz CT molecular complexity index is 1210. The third-order valence-corrected chi connectivity index (χ3v) is 7.85. The lowest BCUT2D eigenvalue weighted by molar-refractivity contribution is 0.155. The molecule has 4 rings (SSSR count). The monoisotopic (exact) mass is 467 g/mol. The van der Waals surface area contributed by atoms with Gasteiger partial charge in [-0.3, -0.25) is 9.40 Å². The molecule has 2 aromatic carbocycles. The van der Waals surface area contributed by atoms with Crippen LogP contribution in [-0.4, -0.2) is 67.8 Å². The van der Waals surface area contributed by atoms with Crippen molar-refractivity contribution >= 4 is 15.7 Å². The SMILES string of the molecule is Cc1nn(C)c(C)c1NS(=O)(=O)c1ccc(-c2cccc(CCN3CCN(C)CC3)c2)cc1. The Labute approximate surface area is 197 Å². The molecule has 0 radical (unpaired) electrons. The summed E-state index contributed by atoms with van der Waals surface area (Å²) in [5, 5.41) is 4.28. The molecule has 0 spiro atoms. The van der Waals surface area contributed by atoms with E-state index in [1.807, 2.05) is 19.1 Å². The van der Waals surface area contributed by atoms with Crippen LogP contribution in [0.5, 0.6) is 0 Å². The topological polar surface area (TPSA) is 70.5 Å². The van der Waals surface area contributed by atoms with Crippen LogP contribution in [-0.2, 0) is 23.5 Å². The maximum Gasteiger partial charge on any atom is 0.262 e. The molecule has 1 aromatic heterocycles. The number of hydrogen-bond acceptors (Lipinski definition) is 5. The van der Waals surface area contributed by atoms with Gasteiger partial charge in [-0.25, -0.2) is 8.42 Å². The zero-order valence-electron chi connectivity index (χ0n) is 19.9. The van der Waals surface area contributed by atoms with Crippen molar-refractivity contribution in [3.8, 4) is 11.1 Å². The number of nitrogens with zero attached hydrogens (tertiary/aromatic N) is 4. The van der Waals surface area contributed by atoms with Crippen molar-refractivity contribution in [3.05, 3.63) is 65.5 Å². The Morgan fingerprint density at radius 2 is 1.64 bits per heavy atom. The van der Waals surface area contributed by atoms with Crippen LogP contribution in [0.3, 0.4) is 0 Å². The van der Waals surface area contributed by atoms with Gasteiger partial charge in [0.15, 0.2) is 0 Å². The molecule has 1 aliphatic rings. The molecule has 0 aliphatic carbocycles. The summed E-state index contributed by atoms with van der Waals surface area (Å²) in [6, 6.07) is 15.6. The number of aromatic nitrogens is 2. The number of piperazine rings is 1. The van der Waals surface area contributed by atoms with E-state index in [4.69, 9.17) is 0 Å². The van der Waals surface area contributed by atoms with Gasteiger partial charge < -0.3 is 9.80 Å². The second-order valence-corrected chi connectivity index (χ2v) is 10.6. The average Bonchev–Trinajstić information content (AvgIpc) is 3.04. The second kappa shape index (κ2) is 9.67. The van der Waals surface area contributed by atoms with E-state index in [0.29, 0.717) is 11.4 Å². The molecule has 7 nitrogen and oxygen atoms in total. The maximum atomic E-state index is 12.9. The first-order valence-corrected chi connectivity index (χ1v) is 12.8. The zero-order valence-corrected chi connectivity index (χ0v) is 20.7. The maximum absolute atomic E-state index is 12.9. The smallest absolute Gasteiger partial charge is 0.262 e. The molecule has 176 valence electrons. The quantitative estimate of drug-likeness (QED) is 0.577. The van der Waals surface area contributed by atoms with E-state index < -0.39 is 10.0 Å². The van der Waals surface area contributed by atoms with Gasteiger partial charge in [0.05, 0.1) is 22.0 Å². The molecule has 0 bridgehead atoms. The summed E-state index contributed by atoms with van der Waals surface area (Å²) < 4.78 is 30.2. The molecule has 1 N–H and O–H groups in total. The Balaban J connectivity index is 1.45. The van der Waals surface area contributed by atoms with E-state index in [2.05, 4.69) is 50.9 Å². The number of rotatable bonds is 7. The zero-order chi connectivity index (χ0) is 23.6. The Morgan fingerprint density at radius 3 is 2.27 bits per heavy atom. The predicted octanol–water partition coefficient (Wildman–Crippen LogP) is 3.29. The van der Waals surface area contributed by atoms with Crippen LogP contribution in [0.25, 0.3) is 11.1 Å². The highest BCUT2D eigenvalue weighted by molar-refractivity contribution is 7.92. The van der Waals surface area contributed by atoms with Crippen molar-refractivity contribution in [2.75, 3.05) is 44.5 Å². The summed E-state index contributed by atoms with van der Waals surface area (Å²) in [6.45, 7) is 9.21. The Hall–Kier alpha value is -2.68. The summed E-state index contributed by atoms with van der Waals surface area (Å²) in [6.07, 6.45) is 1.01. The minimum atomic E-state index is -3.69. The number of anilines is 1. The highest BCUT2D eigenvalue weighted by atomic mass is 32.2. The van der Waals surface area contributed by atoms with Gasteiger partial charge in [-0.2, -0.15) is 5.10 Å². The van der Waals surface area contributed by atoms with Crippen LogP contribution in [0.1, 0.15) is 17.0 Å². The molecule has 0 atom stereocenters. The van der Waals surface area contributed by atoms with E-state index in [0.717, 1.165) is 56.0 Å². The van der Waals surface area contributed by atoms with Gasteiger partial charge in [-0.05, 0) is 56.1 Å². The average molecular weight is 468 g/mol. The number of benzene rings is 2. The van der Waals surface area contributed by atoms with Crippen molar-refractivity contribution in [1.29, 1.82) is 0 Å². The lowest BCUT2D eigenvalue weighted by Gasteiger charge is -2.32. The highest BCUT2D eigenvalue weighted by Crippen LogP contribution is 2.26. The molecule has 1 aliphatic heterocycles. The number of likely N-dealkylation sites (N-methyl/N-ethyl adjacent to an activating group) is 1. The fourth-order valence-electron chi connectivity index (χ4n) is 4.21. The van der Waals surface area contributed by atoms with E-state index >= 15 is 0 Å². The molecular formula is C25H33N5O2S. The molecule has 3 aromatic rings. The molecule has 2 heterocycles. The first kappa shape index (κ1) is 23.5. The van der Waals surface area contributed by atoms with Crippen molar-refractivity contribution < 1.29 is 8.42 Å². The summed E-state index contributed by atoms with van der Waals surface area (Å²) in [5.74, 6) is 0. The Kier molecular flexibility index (Phi) is 6.88. The molecule has 0 saturated carbocycles. The molecular weight excluding hydrogens is 434 g/mol. The van der Waals surface area contributed by atoms with E-state index in [1.54, 1.807) is 30.8 Å². The molecule has 0 amide bonds. The van der Waals surface area contributed by atoms with E-state index in [-0.39, 0.29) is 4.90 Å². The number of sulfonamides is 1. The van der Waals surface area contributed by atoms with Gasteiger partial charge in [0.2, 0.25) is 0 Å². The van der Waals surface area contributed by atoms with Gasteiger partial charge in [-0.1, -0.05) is 36.4 Å². The predicted molar refractivity (Wildman–Crippen MR) is 133 cm³/mol. The largest absolute Gasteiger partial charge is 0.304 e. The van der Waals surface area contributed by atoms with Gasteiger partial charge in [0.25, 0.3) is 10.0 Å². The summed E-state index contributed by atoms with van der Waals surface area (Å²) in [7, 11) is 0.285. The van der Waals surface area contributed by atoms with Crippen LogP contribution < -0.4 is 4.72 Å². The first-order chi connectivity index (χ1) is 15.7. The van der Waals surface area contributed by atoms with Gasteiger partial charge in [-0.15, -0.1) is 0 Å². The molecule has 8 heteroatoms. The Morgan fingerprint density at radius 1 is 0.939 bits per heavy atom. The minimum Gasteiger partial charge on any atom is -0.304 e. The number of nitrogens with one attached hydrogen (secondary N) is 1. The second-order valence-electron chi connectivity index (χ2n) is 8.89. The molecule has 0 unspecified atom stereocenters. The fourth-order valence-corrected chi connectivity index (χ4v) is 5.38. The summed E-state index contributed by atoms with van der Waals surface area (Å²) in [4.78, 5) is 5.13. The van der Waals surface area contributed by atoms with Gasteiger partial charge >= 0.3 is 0 Å². The molecule has 1 saturated heterocycles. The van der Waals surface area contributed by atoms with Crippen LogP contribution in [0, 0.1) is 13.8 Å². The lowest BCUT2D eigenvalue weighted by atomic mass is 10.0. The first-order valence-electron chi connectivity index (χ1n) is 11.4. The van der Waals surface area contributed by atoms with Crippen molar-refractivity contribution in [1.82, 2.24) is 19.6 Å². The van der Waals surface area contributed by atoms with E-state index in [1.165, 1.54) is 5.56 Å². The molecule has 1 fully saturated rings. The van der Waals surface area contributed by atoms with Crippen molar-refractivity contribution in [2.45, 2.75) is 25.2 Å². The third kappa shape index (κ3) is 5.46. The standard InChI is InChI=1S/C25H33N5O2S/c1-19-25(20(2)29(4)26-19)27-33(31,32)24-10-8-22(9-11-24)23-7-5-6-21(18-23)12-13-30-16-14-28(3)15-17-30/h5-11,18,27H,12-17H2,1-4H3. The van der Waals surface area contributed by atoms with Crippen molar-refractivity contribution in [2.24, 2.45) is 7.05 Å². The lowest BCUT2D eigenvalue weighted by Crippen LogP contribution is -2.45. The van der Waals surface area contributed by atoms with Crippen molar-refractivity contribution in [3.63, 3.8) is 0 Å². The van der Waals surface area contributed by atoms with Crippen LogP contribution >= 0.6 is 0 Å². The van der Waals surface area contributed by atoms with Crippen LogP contribution in [0.4, 0.5) is 5.69 Å². The third-order valence-electron chi connectivity index (χ3n) is 6.48. The normalized spacial score (nSPS) is 15.6. The number of hydrogen-bond donors (Lipinski definition) is 1. The summed E-state index contributed by atoms with van der Waals surface area (Å²) >= 11 is 0. The number of aryl methyl sites for hydroxylation is 2. The van der Waals surface area contributed by atoms with Crippen LogP contribution in [0.15, 0.2) is 53.4 Å². The van der Waals surface area contributed by atoms with E-state index in [9.17, 15) is 8.42 Å².